The second kappa shape index (κ2) is 6.34. The molecule has 26 heavy (non-hydrogen) atoms. The Labute approximate surface area is 154 Å². The third-order valence-corrected chi connectivity index (χ3v) is 4.49. The van der Waals surface area contributed by atoms with E-state index in [1.807, 2.05) is 49.0 Å². The van der Waals surface area contributed by atoms with Crippen molar-refractivity contribution in [1.82, 2.24) is 24.0 Å². The second-order valence-electron chi connectivity index (χ2n) is 6.15. The van der Waals surface area contributed by atoms with Crippen molar-refractivity contribution in [1.29, 1.82) is 0 Å². The van der Waals surface area contributed by atoms with E-state index in [4.69, 9.17) is 11.6 Å². The predicted molar refractivity (Wildman–Crippen MR) is 99.6 cm³/mol. The van der Waals surface area contributed by atoms with Crippen LogP contribution < -0.4 is 5.32 Å². The minimum atomic E-state index is -0.224. The van der Waals surface area contributed by atoms with E-state index in [0.717, 1.165) is 16.8 Å². The number of halogens is 1. The van der Waals surface area contributed by atoms with Gasteiger partial charge in [-0.15, -0.1) is 0 Å². The maximum Gasteiger partial charge on any atom is 0.262 e. The van der Waals surface area contributed by atoms with Gasteiger partial charge in [-0.1, -0.05) is 23.7 Å². The van der Waals surface area contributed by atoms with Gasteiger partial charge in [-0.05, 0) is 24.6 Å². The van der Waals surface area contributed by atoms with Crippen molar-refractivity contribution < 1.29 is 4.79 Å². The lowest BCUT2D eigenvalue weighted by Crippen LogP contribution is -2.17. The number of hydrogen-bond donors (Lipinski definition) is 1. The van der Waals surface area contributed by atoms with E-state index < -0.39 is 0 Å². The molecule has 0 radical (unpaired) electrons. The maximum atomic E-state index is 12.8. The number of anilines is 1. The van der Waals surface area contributed by atoms with Gasteiger partial charge >= 0.3 is 0 Å². The zero-order chi connectivity index (χ0) is 18.3. The highest BCUT2D eigenvalue weighted by atomic mass is 35.5. The molecule has 8 heteroatoms. The minimum absolute atomic E-state index is 0.224. The summed E-state index contributed by atoms with van der Waals surface area (Å²) in [6, 6.07) is 7.58. The van der Waals surface area contributed by atoms with E-state index in [9.17, 15) is 4.79 Å². The van der Waals surface area contributed by atoms with E-state index in [1.54, 1.807) is 27.8 Å². The van der Waals surface area contributed by atoms with Gasteiger partial charge in [0.25, 0.3) is 5.91 Å². The Bertz CT molecular complexity index is 1110. The highest BCUT2D eigenvalue weighted by Crippen LogP contribution is 2.20. The number of carbonyl (C=O) groups is 1. The number of aryl methyl sites for hydroxylation is 2. The van der Waals surface area contributed by atoms with Crippen molar-refractivity contribution >= 4 is 29.0 Å². The van der Waals surface area contributed by atoms with E-state index >= 15 is 0 Å². The molecule has 0 aliphatic rings. The zero-order valence-electron chi connectivity index (χ0n) is 14.3. The Balaban J connectivity index is 1.63. The van der Waals surface area contributed by atoms with Gasteiger partial charge < -0.3 is 9.88 Å². The SMILES string of the molecule is Cc1cnn(Cc2cccc(Cl)c2)c1NC(=O)c1cnn2ccn(C)c12. The number of hydrogen-bond acceptors (Lipinski definition) is 3. The zero-order valence-corrected chi connectivity index (χ0v) is 15.1. The van der Waals surface area contributed by atoms with Gasteiger partial charge in [0.05, 0.1) is 18.9 Å². The van der Waals surface area contributed by atoms with E-state index in [-0.39, 0.29) is 5.91 Å². The van der Waals surface area contributed by atoms with Crippen molar-refractivity contribution in [3.63, 3.8) is 0 Å². The molecule has 0 aliphatic heterocycles. The number of nitrogens with one attached hydrogen (secondary N) is 1. The summed E-state index contributed by atoms with van der Waals surface area (Å²) in [7, 11) is 1.88. The van der Waals surface area contributed by atoms with Crippen LogP contribution in [0.4, 0.5) is 5.82 Å². The molecule has 1 N–H and O–H groups in total. The molecule has 3 aromatic heterocycles. The summed E-state index contributed by atoms with van der Waals surface area (Å²) in [6.07, 6.45) is 6.96. The molecule has 0 atom stereocenters. The van der Waals surface area contributed by atoms with Crippen LogP contribution in [0.3, 0.4) is 0 Å². The molecule has 3 heterocycles. The molecule has 7 nitrogen and oxygen atoms in total. The molecule has 0 bridgehead atoms. The summed E-state index contributed by atoms with van der Waals surface area (Å²) >= 11 is 6.06. The van der Waals surface area contributed by atoms with Crippen LogP contribution in [0.25, 0.3) is 5.65 Å². The van der Waals surface area contributed by atoms with Crippen molar-refractivity contribution in [2.24, 2.45) is 7.05 Å². The van der Waals surface area contributed by atoms with Gasteiger partial charge in [-0.3, -0.25) is 4.79 Å². The van der Waals surface area contributed by atoms with Crippen LogP contribution in [0.2, 0.25) is 5.02 Å². The fourth-order valence-corrected chi connectivity index (χ4v) is 3.17. The number of nitrogens with zero attached hydrogens (tertiary/aromatic N) is 5. The van der Waals surface area contributed by atoms with Gasteiger partial charge in [-0.25, -0.2) is 9.20 Å². The minimum Gasteiger partial charge on any atom is -0.334 e. The van der Waals surface area contributed by atoms with Crippen LogP contribution in [0.5, 0.6) is 0 Å². The number of carbonyl (C=O) groups excluding carboxylic acids is 1. The normalized spacial score (nSPS) is 11.2. The molecule has 4 aromatic rings. The molecule has 4 rings (SSSR count). The maximum absolute atomic E-state index is 12.8. The monoisotopic (exact) mass is 368 g/mol. The third-order valence-electron chi connectivity index (χ3n) is 4.26. The Morgan fingerprint density at radius 2 is 2.08 bits per heavy atom. The Hall–Kier alpha value is -3.06. The van der Waals surface area contributed by atoms with Crippen LogP contribution in [0.15, 0.2) is 49.1 Å². The van der Waals surface area contributed by atoms with Crippen LogP contribution in [0.1, 0.15) is 21.5 Å². The van der Waals surface area contributed by atoms with Crippen molar-refractivity contribution in [3.05, 3.63) is 70.8 Å². The Kier molecular flexibility index (Phi) is 4.00. The van der Waals surface area contributed by atoms with Gasteiger partial charge in [-0.2, -0.15) is 10.2 Å². The third kappa shape index (κ3) is 2.86. The number of rotatable bonds is 4. The summed E-state index contributed by atoms with van der Waals surface area (Å²) in [5.74, 6) is 0.432. The molecule has 0 spiro atoms. The fraction of sp³-hybridized carbons (Fsp3) is 0.167. The molecule has 1 amide bonds. The molecule has 132 valence electrons. The van der Waals surface area contributed by atoms with Crippen molar-refractivity contribution in [3.8, 4) is 0 Å². The fourth-order valence-electron chi connectivity index (χ4n) is 2.96. The summed E-state index contributed by atoms with van der Waals surface area (Å²) in [5.41, 5.74) is 3.13. The summed E-state index contributed by atoms with van der Waals surface area (Å²) in [5, 5.41) is 12.2. The van der Waals surface area contributed by atoms with Crippen molar-refractivity contribution in [2.45, 2.75) is 13.5 Å². The van der Waals surface area contributed by atoms with Gasteiger partial charge in [0.2, 0.25) is 0 Å². The topological polar surface area (TPSA) is 69.2 Å². The Morgan fingerprint density at radius 1 is 1.23 bits per heavy atom. The number of aromatic nitrogens is 5. The second-order valence-corrected chi connectivity index (χ2v) is 6.59. The van der Waals surface area contributed by atoms with Crippen LogP contribution >= 0.6 is 11.6 Å². The number of fused-ring (bicyclic) bond motifs is 1. The van der Waals surface area contributed by atoms with Gasteiger partial charge in [0, 0.05) is 30.0 Å². The molecular formula is C18H17ClN6O. The smallest absolute Gasteiger partial charge is 0.262 e. The number of benzene rings is 1. The highest BCUT2D eigenvalue weighted by molar-refractivity contribution is 6.30. The average molecular weight is 369 g/mol. The predicted octanol–water partition coefficient (Wildman–Crippen LogP) is 3.13. The van der Waals surface area contributed by atoms with E-state index in [0.29, 0.717) is 22.9 Å². The lowest BCUT2D eigenvalue weighted by Gasteiger charge is -2.10. The first kappa shape index (κ1) is 16.4. The average Bonchev–Trinajstić information content (AvgIpc) is 3.28. The lowest BCUT2D eigenvalue weighted by molar-refractivity contribution is 0.102. The molecule has 0 unspecified atom stereocenters. The lowest BCUT2D eigenvalue weighted by atomic mass is 10.2. The van der Waals surface area contributed by atoms with Gasteiger partial charge in [0.1, 0.15) is 17.0 Å². The number of imidazole rings is 1. The molecule has 0 saturated heterocycles. The standard InChI is InChI=1S/C18H17ClN6O/c1-12-9-20-25(11-13-4-3-5-14(19)8-13)16(12)22-17(26)15-10-21-24-7-6-23(2)18(15)24/h3-10H,11H2,1-2H3,(H,22,26). The number of amides is 1. The molecule has 1 aromatic carbocycles. The Morgan fingerprint density at radius 3 is 2.88 bits per heavy atom. The first-order valence-electron chi connectivity index (χ1n) is 8.10. The quantitative estimate of drug-likeness (QED) is 0.601. The summed E-state index contributed by atoms with van der Waals surface area (Å²) < 4.78 is 5.29. The largest absolute Gasteiger partial charge is 0.334 e. The van der Waals surface area contributed by atoms with Crippen molar-refractivity contribution in [2.75, 3.05) is 5.32 Å². The molecule has 0 fully saturated rings. The van der Waals surface area contributed by atoms with E-state index in [2.05, 4.69) is 15.5 Å². The van der Waals surface area contributed by atoms with Crippen LogP contribution in [-0.4, -0.2) is 29.9 Å². The first-order chi connectivity index (χ1) is 12.5. The summed E-state index contributed by atoms with van der Waals surface area (Å²) in [6.45, 7) is 2.42. The summed E-state index contributed by atoms with van der Waals surface area (Å²) in [4.78, 5) is 12.8. The molecule has 0 saturated carbocycles. The molecule has 0 aliphatic carbocycles. The van der Waals surface area contributed by atoms with Gasteiger partial charge in [0.15, 0.2) is 0 Å². The first-order valence-corrected chi connectivity index (χ1v) is 8.47. The van der Waals surface area contributed by atoms with E-state index in [1.165, 1.54) is 0 Å². The van der Waals surface area contributed by atoms with Crippen LogP contribution in [0, 0.1) is 6.92 Å². The molecular weight excluding hydrogens is 352 g/mol. The highest BCUT2D eigenvalue weighted by Gasteiger charge is 2.18. The van der Waals surface area contributed by atoms with Crippen LogP contribution in [-0.2, 0) is 13.6 Å².